The fourth-order valence-electron chi connectivity index (χ4n) is 2.84. The minimum absolute atomic E-state index is 1.03. The van der Waals surface area contributed by atoms with Gasteiger partial charge < -0.3 is 10.2 Å². The van der Waals surface area contributed by atoms with Crippen LogP contribution in [0.1, 0.15) is 25.0 Å². The van der Waals surface area contributed by atoms with Gasteiger partial charge in [-0.25, -0.2) is 4.98 Å². The van der Waals surface area contributed by atoms with Gasteiger partial charge in [0.25, 0.3) is 0 Å². The minimum atomic E-state index is 1.03. The van der Waals surface area contributed by atoms with Gasteiger partial charge in [0.2, 0.25) is 0 Å². The molecule has 1 aliphatic rings. The predicted octanol–water partition coefficient (Wildman–Crippen LogP) is 3.48. The first kappa shape index (κ1) is 13.9. The Labute approximate surface area is 126 Å². The summed E-state index contributed by atoms with van der Waals surface area (Å²) >= 11 is 0. The molecule has 2 aromatic rings. The Morgan fingerprint density at radius 3 is 2.67 bits per heavy atom. The highest BCUT2D eigenvalue weighted by Crippen LogP contribution is 2.28. The summed E-state index contributed by atoms with van der Waals surface area (Å²) in [7, 11) is 1.92. The van der Waals surface area contributed by atoms with E-state index in [1.807, 2.05) is 19.4 Å². The molecular formula is C17H22N4. The van der Waals surface area contributed by atoms with Crippen LogP contribution < -0.4 is 10.2 Å². The Hall–Kier alpha value is -2.10. The van der Waals surface area contributed by atoms with Crippen LogP contribution in [0.5, 0.6) is 0 Å². The molecular weight excluding hydrogens is 260 g/mol. The topological polar surface area (TPSA) is 41.1 Å². The van der Waals surface area contributed by atoms with Crippen LogP contribution in [-0.4, -0.2) is 30.1 Å². The Balaban J connectivity index is 1.95. The molecule has 1 fully saturated rings. The van der Waals surface area contributed by atoms with Crippen molar-refractivity contribution in [3.05, 3.63) is 36.3 Å². The van der Waals surface area contributed by atoms with E-state index in [-0.39, 0.29) is 0 Å². The summed E-state index contributed by atoms with van der Waals surface area (Å²) in [6, 6.07) is 6.41. The van der Waals surface area contributed by atoms with E-state index in [1.54, 1.807) is 0 Å². The van der Waals surface area contributed by atoms with Gasteiger partial charge in [-0.05, 0) is 49.9 Å². The van der Waals surface area contributed by atoms with Gasteiger partial charge in [-0.2, -0.15) is 0 Å². The second-order valence-electron chi connectivity index (χ2n) is 5.56. The van der Waals surface area contributed by atoms with Gasteiger partial charge in [0, 0.05) is 37.6 Å². The second kappa shape index (κ2) is 6.12. The van der Waals surface area contributed by atoms with Crippen LogP contribution in [0.25, 0.3) is 11.1 Å². The Bertz CT molecular complexity index is 618. The van der Waals surface area contributed by atoms with E-state index in [1.165, 1.54) is 30.4 Å². The normalized spacial score (nSPS) is 15.0. The number of anilines is 2. The number of pyridine rings is 2. The van der Waals surface area contributed by atoms with E-state index >= 15 is 0 Å². The first-order chi connectivity index (χ1) is 10.3. The molecule has 3 rings (SSSR count). The maximum Gasteiger partial charge on any atom is 0.129 e. The first-order valence-corrected chi connectivity index (χ1v) is 7.64. The van der Waals surface area contributed by atoms with Gasteiger partial charge in [0.1, 0.15) is 5.82 Å². The van der Waals surface area contributed by atoms with Gasteiger partial charge in [-0.15, -0.1) is 0 Å². The number of rotatable bonds is 3. The molecule has 0 radical (unpaired) electrons. The predicted molar refractivity (Wildman–Crippen MR) is 87.8 cm³/mol. The summed E-state index contributed by atoms with van der Waals surface area (Å²) in [5.41, 5.74) is 4.44. The first-order valence-electron chi connectivity index (χ1n) is 7.64. The molecule has 0 aliphatic carbocycles. The summed E-state index contributed by atoms with van der Waals surface area (Å²) in [5, 5.41) is 3.15. The third kappa shape index (κ3) is 2.99. The molecule has 1 aliphatic heterocycles. The standard InChI is InChI=1S/C17H22N4/c1-13-16(11-15(18-2)12-20-13)14-6-7-19-17(10-14)21-8-4-3-5-9-21/h6-7,10-12,18H,3-5,8-9H2,1-2H3. The summed E-state index contributed by atoms with van der Waals surface area (Å²) in [6.07, 6.45) is 7.64. The minimum Gasteiger partial charge on any atom is -0.387 e. The van der Waals surface area contributed by atoms with Crippen LogP contribution >= 0.6 is 0 Å². The monoisotopic (exact) mass is 282 g/mol. The van der Waals surface area contributed by atoms with Crippen molar-refractivity contribution in [3.63, 3.8) is 0 Å². The molecule has 0 bridgehead atoms. The van der Waals surface area contributed by atoms with E-state index in [0.29, 0.717) is 0 Å². The van der Waals surface area contributed by atoms with Gasteiger partial charge in [0.15, 0.2) is 0 Å². The summed E-state index contributed by atoms with van der Waals surface area (Å²) in [5.74, 6) is 1.08. The lowest BCUT2D eigenvalue weighted by Crippen LogP contribution is -2.30. The zero-order chi connectivity index (χ0) is 14.7. The Kier molecular flexibility index (Phi) is 4.04. The molecule has 0 aromatic carbocycles. The maximum absolute atomic E-state index is 4.55. The lowest BCUT2D eigenvalue weighted by Gasteiger charge is -2.28. The van der Waals surface area contributed by atoms with Crippen LogP contribution in [0.15, 0.2) is 30.6 Å². The number of piperidine rings is 1. The molecule has 4 nitrogen and oxygen atoms in total. The molecule has 21 heavy (non-hydrogen) atoms. The number of hydrogen-bond donors (Lipinski definition) is 1. The summed E-state index contributed by atoms with van der Waals surface area (Å²) < 4.78 is 0. The van der Waals surface area contributed by atoms with Crippen LogP contribution in [0.3, 0.4) is 0 Å². The quantitative estimate of drug-likeness (QED) is 0.935. The van der Waals surface area contributed by atoms with E-state index in [9.17, 15) is 0 Å². The highest BCUT2D eigenvalue weighted by molar-refractivity contribution is 5.71. The number of aryl methyl sites for hydroxylation is 1. The van der Waals surface area contributed by atoms with Crippen molar-refractivity contribution < 1.29 is 0 Å². The number of aromatic nitrogens is 2. The van der Waals surface area contributed by atoms with E-state index in [2.05, 4.69) is 45.3 Å². The zero-order valence-electron chi connectivity index (χ0n) is 12.8. The van der Waals surface area contributed by atoms with Crippen molar-refractivity contribution in [1.29, 1.82) is 0 Å². The lowest BCUT2D eigenvalue weighted by molar-refractivity contribution is 0.573. The largest absolute Gasteiger partial charge is 0.387 e. The second-order valence-corrected chi connectivity index (χ2v) is 5.56. The molecule has 110 valence electrons. The lowest BCUT2D eigenvalue weighted by atomic mass is 10.0. The van der Waals surface area contributed by atoms with Crippen molar-refractivity contribution >= 4 is 11.5 Å². The molecule has 4 heteroatoms. The summed E-state index contributed by atoms with van der Waals surface area (Å²) in [4.78, 5) is 11.4. The maximum atomic E-state index is 4.55. The SMILES string of the molecule is CNc1cnc(C)c(-c2ccnc(N3CCCCC3)c2)c1. The van der Waals surface area contributed by atoms with Gasteiger partial charge >= 0.3 is 0 Å². The van der Waals surface area contributed by atoms with Gasteiger partial charge in [-0.1, -0.05) is 0 Å². The molecule has 0 atom stereocenters. The van der Waals surface area contributed by atoms with Crippen LogP contribution in [-0.2, 0) is 0 Å². The fraction of sp³-hybridized carbons (Fsp3) is 0.412. The number of hydrogen-bond acceptors (Lipinski definition) is 4. The van der Waals surface area contributed by atoms with Crippen molar-refractivity contribution in [2.24, 2.45) is 0 Å². The smallest absolute Gasteiger partial charge is 0.129 e. The Morgan fingerprint density at radius 1 is 1.10 bits per heavy atom. The summed E-state index contributed by atoms with van der Waals surface area (Å²) in [6.45, 7) is 4.28. The Morgan fingerprint density at radius 2 is 1.90 bits per heavy atom. The average molecular weight is 282 g/mol. The van der Waals surface area contributed by atoms with Crippen LogP contribution in [0.2, 0.25) is 0 Å². The van der Waals surface area contributed by atoms with Gasteiger partial charge in [-0.3, -0.25) is 4.98 Å². The highest BCUT2D eigenvalue weighted by Gasteiger charge is 2.13. The molecule has 3 heterocycles. The highest BCUT2D eigenvalue weighted by atomic mass is 15.2. The van der Waals surface area contributed by atoms with Gasteiger partial charge in [0.05, 0.1) is 11.9 Å². The third-order valence-electron chi connectivity index (χ3n) is 4.11. The molecule has 0 unspecified atom stereocenters. The zero-order valence-corrected chi connectivity index (χ0v) is 12.8. The van der Waals surface area contributed by atoms with Crippen molar-refractivity contribution in [3.8, 4) is 11.1 Å². The molecule has 2 aromatic heterocycles. The van der Waals surface area contributed by atoms with Crippen molar-refractivity contribution in [1.82, 2.24) is 9.97 Å². The number of nitrogens with one attached hydrogen (secondary N) is 1. The van der Waals surface area contributed by atoms with Crippen molar-refractivity contribution in [2.75, 3.05) is 30.4 Å². The van der Waals surface area contributed by atoms with Crippen molar-refractivity contribution in [2.45, 2.75) is 26.2 Å². The molecule has 0 saturated carbocycles. The van der Waals surface area contributed by atoms with Crippen LogP contribution in [0.4, 0.5) is 11.5 Å². The van der Waals surface area contributed by atoms with Crippen LogP contribution in [0, 0.1) is 6.92 Å². The molecule has 1 saturated heterocycles. The van der Waals surface area contributed by atoms with E-state index in [0.717, 1.165) is 30.3 Å². The van der Waals surface area contributed by atoms with E-state index in [4.69, 9.17) is 0 Å². The van der Waals surface area contributed by atoms with E-state index < -0.39 is 0 Å². The third-order valence-corrected chi connectivity index (χ3v) is 4.11. The fourth-order valence-corrected chi connectivity index (χ4v) is 2.84. The molecule has 0 amide bonds. The number of nitrogens with zero attached hydrogens (tertiary/aromatic N) is 3. The molecule has 0 spiro atoms. The average Bonchev–Trinajstić information content (AvgIpc) is 2.56. The molecule has 1 N–H and O–H groups in total.